The highest BCUT2D eigenvalue weighted by Crippen LogP contribution is 2.12. The minimum Gasteiger partial charge on any atom is -0.250 e. The van der Waals surface area contributed by atoms with Crippen molar-refractivity contribution in [2.45, 2.75) is 11.8 Å². The third-order valence-corrected chi connectivity index (χ3v) is 2.53. The Balaban J connectivity index is 3.13. The molecule has 0 aromatic heterocycles. The van der Waals surface area contributed by atoms with Crippen molar-refractivity contribution < 1.29 is 8.60 Å². The van der Waals surface area contributed by atoms with Gasteiger partial charge in [-0.1, -0.05) is 6.58 Å². The van der Waals surface area contributed by atoms with Crippen LogP contribution < -0.4 is 0 Å². The first-order chi connectivity index (χ1) is 5.65. The van der Waals surface area contributed by atoms with Crippen LogP contribution in [0.5, 0.6) is 0 Å². The molecule has 1 aromatic carbocycles. The predicted molar refractivity (Wildman–Crippen MR) is 47.7 cm³/mol. The van der Waals surface area contributed by atoms with Crippen LogP contribution in [0.15, 0.2) is 35.1 Å². The lowest BCUT2D eigenvalue weighted by Gasteiger charge is -1.99. The van der Waals surface area contributed by atoms with Crippen LogP contribution >= 0.6 is 0 Å². The molecule has 64 valence electrons. The van der Waals surface area contributed by atoms with Gasteiger partial charge in [-0.05, 0) is 30.7 Å². The summed E-state index contributed by atoms with van der Waals surface area (Å²) in [4.78, 5) is 0.587. The molecular weight excluding hydrogens is 175 g/mol. The first-order valence-electron chi connectivity index (χ1n) is 3.44. The van der Waals surface area contributed by atoms with E-state index in [1.807, 2.05) is 0 Å². The zero-order valence-corrected chi connectivity index (χ0v) is 7.53. The van der Waals surface area contributed by atoms with Gasteiger partial charge in [0.15, 0.2) is 0 Å². The summed E-state index contributed by atoms with van der Waals surface area (Å²) in [6, 6.07) is 4.37. The summed E-state index contributed by atoms with van der Waals surface area (Å²) in [5.74, 6) is -0.278. The largest absolute Gasteiger partial charge is 0.250 e. The average Bonchev–Trinajstić information content (AvgIpc) is 2.08. The molecule has 0 spiro atoms. The Hall–Kier alpha value is -0.960. The van der Waals surface area contributed by atoms with Gasteiger partial charge in [0.05, 0.1) is 10.8 Å². The molecule has 0 aliphatic rings. The predicted octanol–water partition coefficient (Wildman–Crippen LogP) is 2.39. The molecule has 1 unspecified atom stereocenters. The van der Waals surface area contributed by atoms with Gasteiger partial charge >= 0.3 is 0 Å². The van der Waals surface area contributed by atoms with Crippen LogP contribution in [-0.4, -0.2) is 4.21 Å². The maximum Gasteiger partial charge on any atom is 0.126 e. The van der Waals surface area contributed by atoms with E-state index in [-0.39, 0.29) is 5.82 Å². The molecule has 0 fully saturated rings. The van der Waals surface area contributed by atoms with Crippen molar-refractivity contribution in [2.24, 2.45) is 0 Å². The number of halogens is 1. The van der Waals surface area contributed by atoms with Gasteiger partial charge in [0.2, 0.25) is 0 Å². The number of hydrogen-bond acceptors (Lipinski definition) is 1. The maximum absolute atomic E-state index is 12.7. The fraction of sp³-hybridized carbons (Fsp3) is 0.111. The molecule has 0 bridgehead atoms. The summed E-state index contributed by atoms with van der Waals surface area (Å²) in [6.45, 7) is 5.03. The van der Waals surface area contributed by atoms with E-state index in [0.717, 1.165) is 0 Å². The van der Waals surface area contributed by atoms with E-state index < -0.39 is 10.8 Å². The third-order valence-electron chi connectivity index (χ3n) is 1.51. The molecule has 1 rings (SSSR count). The Labute approximate surface area is 73.4 Å². The van der Waals surface area contributed by atoms with Crippen molar-refractivity contribution >= 4 is 10.8 Å². The highest BCUT2D eigenvalue weighted by molar-refractivity contribution is 7.88. The second-order valence-electron chi connectivity index (χ2n) is 2.38. The maximum atomic E-state index is 12.7. The molecule has 0 aliphatic carbocycles. The van der Waals surface area contributed by atoms with Crippen molar-refractivity contribution in [1.82, 2.24) is 0 Å². The topological polar surface area (TPSA) is 17.1 Å². The van der Waals surface area contributed by atoms with E-state index in [9.17, 15) is 8.60 Å². The van der Waals surface area contributed by atoms with Gasteiger partial charge in [0, 0.05) is 10.3 Å². The second-order valence-corrected chi connectivity index (χ2v) is 3.77. The molecule has 1 atom stereocenters. The number of benzene rings is 1. The smallest absolute Gasteiger partial charge is 0.126 e. The summed E-state index contributed by atoms with van der Waals surface area (Å²) >= 11 is 0. The zero-order chi connectivity index (χ0) is 9.14. The van der Waals surface area contributed by atoms with E-state index in [2.05, 4.69) is 6.58 Å². The molecule has 1 aromatic rings. The Bertz CT molecular complexity index is 333. The van der Waals surface area contributed by atoms with Crippen LogP contribution in [0.3, 0.4) is 0 Å². The number of rotatable bonds is 2. The SMILES string of the molecule is C=CS(=O)c1ccc(F)c(C)c1. The minimum absolute atomic E-state index is 0.278. The van der Waals surface area contributed by atoms with Crippen molar-refractivity contribution in [3.05, 3.63) is 41.6 Å². The molecule has 0 saturated carbocycles. The first-order valence-corrected chi connectivity index (χ1v) is 4.65. The Kier molecular flexibility index (Phi) is 2.76. The van der Waals surface area contributed by atoms with Crippen molar-refractivity contribution in [3.8, 4) is 0 Å². The summed E-state index contributed by atoms with van der Waals surface area (Å²) in [6.07, 6.45) is 0. The highest BCUT2D eigenvalue weighted by Gasteiger charge is 2.01. The summed E-state index contributed by atoms with van der Waals surface area (Å²) < 4.78 is 23.9. The van der Waals surface area contributed by atoms with Gasteiger partial charge in [-0.3, -0.25) is 0 Å². The minimum atomic E-state index is -1.21. The third kappa shape index (κ3) is 1.80. The lowest BCUT2D eigenvalue weighted by Crippen LogP contribution is -1.89. The fourth-order valence-corrected chi connectivity index (χ4v) is 1.53. The van der Waals surface area contributed by atoms with Gasteiger partial charge in [-0.25, -0.2) is 8.60 Å². The molecule has 0 radical (unpaired) electrons. The van der Waals surface area contributed by atoms with Gasteiger partial charge in [-0.2, -0.15) is 0 Å². The lowest BCUT2D eigenvalue weighted by atomic mass is 10.2. The molecule has 1 nitrogen and oxygen atoms in total. The normalized spacial score (nSPS) is 12.5. The quantitative estimate of drug-likeness (QED) is 0.689. The van der Waals surface area contributed by atoms with E-state index in [0.29, 0.717) is 10.5 Å². The van der Waals surface area contributed by atoms with Crippen LogP contribution in [0.25, 0.3) is 0 Å². The van der Waals surface area contributed by atoms with Crippen LogP contribution in [0.2, 0.25) is 0 Å². The average molecular weight is 184 g/mol. The summed E-state index contributed by atoms with van der Waals surface area (Å²) in [7, 11) is -1.21. The monoisotopic (exact) mass is 184 g/mol. The van der Waals surface area contributed by atoms with Crippen LogP contribution in [0.4, 0.5) is 4.39 Å². The molecule has 0 N–H and O–H groups in total. The van der Waals surface area contributed by atoms with E-state index in [1.54, 1.807) is 13.0 Å². The molecular formula is C9H9FOS. The van der Waals surface area contributed by atoms with Gasteiger partial charge in [0.1, 0.15) is 5.82 Å². The van der Waals surface area contributed by atoms with E-state index in [4.69, 9.17) is 0 Å². The molecule has 0 heterocycles. The molecule has 0 saturated heterocycles. The van der Waals surface area contributed by atoms with E-state index in [1.165, 1.54) is 17.5 Å². The molecule has 0 aliphatic heterocycles. The molecule has 3 heteroatoms. The van der Waals surface area contributed by atoms with Crippen LogP contribution in [-0.2, 0) is 10.8 Å². The van der Waals surface area contributed by atoms with Gasteiger partial charge in [0.25, 0.3) is 0 Å². The van der Waals surface area contributed by atoms with Gasteiger partial charge in [-0.15, -0.1) is 0 Å². The van der Waals surface area contributed by atoms with Crippen molar-refractivity contribution in [3.63, 3.8) is 0 Å². The zero-order valence-electron chi connectivity index (χ0n) is 6.71. The van der Waals surface area contributed by atoms with E-state index >= 15 is 0 Å². The molecule has 12 heavy (non-hydrogen) atoms. The molecule has 0 amide bonds. The van der Waals surface area contributed by atoms with Crippen LogP contribution in [0.1, 0.15) is 5.56 Å². The Morgan fingerprint density at radius 1 is 1.58 bits per heavy atom. The van der Waals surface area contributed by atoms with Gasteiger partial charge < -0.3 is 0 Å². The summed E-state index contributed by atoms with van der Waals surface area (Å²) in [5.41, 5.74) is 0.503. The first kappa shape index (κ1) is 9.13. The van der Waals surface area contributed by atoms with Crippen molar-refractivity contribution in [2.75, 3.05) is 0 Å². The van der Waals surface area contributed by atoms with Crippen molar-refractivity contribution in [1.29, 1.82) is 0 Å². The lowest BCUT2D eigenvalue weighted by molar-refractivity contribution is 0.616. The Morgan fingerprint density at radius 3 is 2.75 bits per heavy atom. The fourth-order valence-electron chi connectivity index (χ4n) is 0.839. The Morgan fingerprint density at radius 2 is 2.25 bits per heavy atom. The number of hydrogen-bond donors (Lipinski definition) is 0. The standard InChI is InChI=1S/C9H9FOS/c1-3-12(11)8-4-5-9(10)7(2)6-8/h3-6H,1H2,2H3. The highest BCUT2D eigenvalue weighted by atomic mass is 32.2. The second kappa shape index (κ2) is 3.63. The van der Waals surface area contributed by atoms with Crippen LogP contribution in [0, 0.1) is 12.7 Å². The number of aryl methyl sites for hydroxylation is 1. The summed E-state index contributed by atoms with van der Waals surface area (Å²) in [5, 5.41) is 1.33.